The Kier molecular flexibility index (Phi) is 7.83. The van der Waals surface area contributed by atoms with E-state index in [0.717, 1.165) is 18.2 Å². The summed E-state index contributed by atoms with van der Waals surface area (Å²) in [7, 11) is 53.6. The van der Waals surface area contributed by atoms with Crippen LogP contribution in [0.3, 0.4) is 0 Å². The highest BCUT2D eigenvalue weighted by Crippen LogP contribution is 2.45. The van der Waals surface area contributed by atoms with Crippen molar-refractivity contribution in [2.45, 2.75) is 46.2 Å². The Morgan fingerprint density at radius 3 is 2.11 bits per heavy atom. The van der Waals surface area contributed by atoms with Crippen molar-refractivity contribution in [3.05, 3.63) is 64.2 Å². The molecule has 16 heteroatoms. The zero-order valence-electron chi connectivity index (χ0n) is 19.2. The van der Waals surface area contributed by atoms with Gasteiger partial charge in [0.25, 0.3) is 5.91 Å². The standard InChI is InChI=1S/C20H13B9ClF2N3O/c21-17(22)8-16(32,20(28,29)34-7-12-3-2-11(6-33-12)19(25,26)27)9-18(23,24)35(17)15(36)10-1-4-14(31)13(30)5-10/h1-6,34H,7-9H2. The highest BCUT2D eigenvalue weighted by molar-refractivity contribution is 6.58. The van der Waals surface area contributed by atoms with E-state index in [1.54, 1.807) is 0 Å². The van der Waals surface area contributed by atoms with Gasteiger partial charge in [0.1, 0.15) is 11.5 Å². The first-order valence-electron chi connectivity index (χ1n) is 10.6. The number of nitrogens with zero attached hydrogens (tertiary/aromatic N) is 2. The fourth-order valence-corrected chi connectivity index (χ4v) is 4.30. The van der Waals surface area contributed by atoms with Crippen LogP contribution in [0.15, 0.2) is 36.5 Å². The summed E-state index contributed by atoms with van der Waals surface area (Å²) < 4.78 is 29.9. The van der Waals surface area contributed by atoms with Gasteiger partial charge in [-0.25, -0.2) is 8.78 Å². The van der Waals surface area contributed by atoms with Gasteiger partial charge in [0.05, 0.1) is 81.3 Å². The first-order chi connectivity index (χ1) is 16.3. The molecule has 36 heavy (non-hydrogen) atoms. The van der Waals surface area contributed by atoms with Crippen molar-refractivity contribution in [1.29, 1.82) is 0 Å². The van der Waals surface area contributed by atoms with Gasteiger partial charge in [-0.3, -0.25) is 9.78 Å². The van der Waals surface area contributed by atoms with Crippen LogP contribution in [0.4, 0.5) is 8.78 Å². The van der Waals surface area contributed by atoms with Crippen LogP contribution >= 0.6 is 11.6 Å². The van der Waals surface area contributed by atoms with E-state index in [-0.39, 0.29) is 17.1 Å². The van der Waals surface area contributed by atoms with Gasteiger partial charge in [-0.2, -0.15) is 0 Å². The molecule has 2 heterocycles. The average molecular weight is 482 g/mol. The van der Waals surface area contributed by atoms with Gasteiger partial charge in [-0.1, -0.05) is 17.7 Å². The number of hydrogen-bond acceptors (Lipinski definition) is 3. The smallest absolute Gasteiger partial charge is 0.252 e. The van der Waals surface area contributed by atoms with Gasteiger partial charge in [0.15, 0.2) is 0 Å². The molecule has 0 spiro atoms. The molecule has 3 rings (SSSR count). The van der Waals surface area contributed by atoms with Crippen LogP contribution in [-0.4, -0.2) is 108 Å². The molecule has 0 unspecified atom stereocenters. The number of halogens is 3. The Morgan fingerprint density at radius 1 is 1.06 bits per heavy atom. The van der Waals surface area contributed by atoms with Crippen LogP contribution in [0.2, 0.25) is 5.02 Å². The topological polar surface area (TPSA) is 45.2 Å². The molecule has 0 saturated carbocycles. The van der Waals surface area contributed by atoms with E-state index in [1.807, 2.05) is 0 Å². The maximum atomic E-state index is 16.3. The lowest BCUT2D eigenvalue weighted by Crippen LogP contribution is -2.77. The molecule has 1 amide bonds. The number of piperidine rings is 1. The number of pyridine rings is 1. The minimum atomic E-state index is -2.61. The van der Waals surface area contributed by atoms with Crippen LogP contribution in [0.1, 0.15) is 34.5 Å². The Bertz CT molecular complexity index is 1130. The third-order valence-corrected chi connectivity index (χ3v) is 6.25. The molecular weight excluding hydrogens is 469 g/mol. The first kappa shape index (κ1) is 29.1. The quantitative estimate of drug-likeness (QED) is 0.549. The molecule has 2 aromatic rings. The summed E-state index contributed by atoms with van der Waals surface area (Å²) in [6.07, 6.45) is -0.184. The van der Waals surface area contributed by atoms with Gasteiger partial charge >= 0.3 is 0 Å². The second kappa shape index (κ2) is 9.69. The van der Waals surface area contributed by atoms with Gasteiger partial charge in [-0.15, -0.1) is 5.11 Å². The molecule has 1 N–H and O–H groups in total. The molecule has 0 bridgehead atoms. The normalized spacial score (nSPS) is 19.0. The van der Waals surface area contributed by atoms with Crippen molar-refractivity contribution >= 4 is 88.1 Å². The van der Waals surface area contributed by atoms with Crippen LogP contribution in [0.25, 0.3) is 0 Å². The van der Waals surface area contributed by atoms with Gasteiger partial charge in [0.2, 0.25) is 0 Å². The molecule has 1 aromatic heterocycles. The largest absolute Gasteiger partial charge is 0.362 e. The monoisotopic (exact) mass is 483 g/mol. The number of likely N-dealkylation sites (tertiary alicyclic amines) is 1. The molecule has 1 saturated heterocycles. The number of hydrogen-bond donors (Lipinski definition) is 1. The van der Waals surface area contributed by atoms with E-state index < -0.39 is 51.4 Å². The summed E-state index contributed by atoms with van der Waals surface area (Å²) >= 11 is 5.76. The molecule has 162 valence electrons. The molecule has 0 aliphatic carbocycles. The van der Waals surface area contributed by atoms with E-state index in [0.29, 0.717) is 16.2 Å². The molecule has 1 aromatic carbocycles. The van der Waals surface area contributed by atoms with Gasteiger partial charge < -0.3 is 10.2 Å². The van der Waals surface area contributed by atoms with Crippen LogP contribution < -0.4 is 5.32 Å². The zero-order valence-corrected chi connectivity index (χ0v) is 20.0. The Hall–Kier alpha value is -1.47. The maximum absolute atomic E-state index is 16.3. The SMILES string of the molecule is [B]C([B])([B])c1ccc(CNC([B])([B])C2(F)CC([B])([B])N(C(=O)c3ccc(F)c(Cl)c3)C([B])([B])C2)nc1. The number of alkyl halides is 1. The lowest BCUT2D eigenvalue weighted by atomic mass is 9.38. The first-order valence-corrected chi connectivity index (χ1v) is 11.0. The van der Waals surface area contributed by atoms with E-state index >= 15 is 4.39 Å². The highest BCUT2D eigenvalue weighted by atomic mass is 35.5. The second-order valence-corrected chi connectivity index (χ2v) is 9.67. The van der Waals surface area contributed by atoms with Crippen LogP contribution in [-0.2, 0) is 11.7 Å². The fourth-order valence-electron chi connectivity index (χ4n) is 4.12. The zero-order chi connectivity index (χ0) is 27.3. The van der Waals surface area contributed by atoms with Crippen molar-refractivity contribution in [1.82, 2.24) is 15.2 Å². The predicted octanol–water partition coefficient (Wildman–Crippen LogP) is -0.804. The molecular formula is C20H13B9ClF2N3O. The summed E-state index contributed by atoms with van der Waals surface area (Å²) in [5, 5.41) is -6.07. The minimum absolute atomic E-state index is 0.104. The number of carbonyl (C=O) groups is 1. The summed E-state index contributed by atoms with van der Waals surface area (Å²) in [6, 6.07) is 6.21. The number of benzene rings is 1. The maximum Gasteiger partial charge on any atom is 0.252 e. The van der Waals surface area contributed by atoms with Crippen molar-refractivity contribution in [3.63, 3.8) is 0 Å². The van der Waals surface area contributed by atoms with Crippen LogP contribution in [0, 0.1) is 5.82 Å². The molecule has 18 radical (unpaired) electrons. The Morgan fingerprint density at radius 2 is 1.64 bits per heavy atom. The lowest BCUT2D eigenvalue weighted by molar-refractivity contribution is -0.0100. The van der Waals surface area contributed by atoms with E-state index in [9.17, 15) is 9.18 Å². The molecule has 0 atom stereocenters. The summed E-state index contributed by atoms with van der Waals surface area (Å²) in [5.74, 6) is -1.66. The third-order valence-electron chi connectivity index (χ3n) is 5.96. The predicted molar refractivity (Wildman–Crippen MR) is 143 cm³/mol. The number of rotatable bonds is 6. The van der Waals surface area contributed by atoms with Crippen molar-refractivity contribution in [2.24, 2.45) is 0 Å². The van der Waals surface area contributed by atoms with E-state index in [1.165, 1.54) is 18.3 Å². The molecule has 1 aliphatic rings. The molecule has 1 fully saturated rings. The summed E-state index contributed by atoms with van der Waals surface area (Å²) in [6.45, 7) is -0.104. The molecule has 1 aliphatic heterocycles. The number of nitrogens with one attached hydrogen (secondary N) is 1. The number of carbonyl (C=O) groups excluding carboxylic acids is 1. The van der Waals surface area contributed by atoms with Crippen LogP contribution in [0.5, 0.6) is 0 Å². The van der Waals surface area contributed by atoms with Crippen molar-refractivity contribution in [2.75, 3.05) is 0 Å². The van der Waals surface area contributed by atoms with Crippen molar-refractivity contribution in [3.8, 4) is 0 Å². The van der Waals surface area contributed by atoms with Crippen molar-refractivity contribution < 1.29 is 13.6 Å². The summed E-state index contributed by atoms with van der Waals surface area (Å²) in [4.78, 5) is 18.0. The lowest BCUT2D eigenvalue weighted by Gasteiger charge is -2.62. The number of amides is 1. The van der Waals surface area contributed by atoms with E-state index in [4.69, 9.17) is 82.2 Å². The average Bonchev–Trinajstić information content (AvgIpc) is 2.71. The molecule has 4 nitrogen and oxygen atoms in total. The van der Waals surface area contributed by atoms with E-state index in [2.05, 4.69) is 10.3 Å². The van der Waals surface area contributed by atoms with Gasteiger partial charge in [0, 0.05) is 18.3 Å². The second-order valence-electron chi connectivity index (χ2n) is 9.26. The third kappa shape index (κ3) is 5.82. The Labute approximate surface area is 226 Å². The fraction of sp³-hybridized carbons (Fsp3) is 0.400. The minimum Gasteiger partial charge on any atom is -0.362 e. The Balaban J connectivity index is 1.82. The summed E-state index contributed by atoms with van der Waals surface area (Å²) in [5.41, 5.74) is -1.99. The number of aromatic nitrogens is 1. The van der Waals surface area contributed by atoms with Gasteiger partial charge in [-0.05, 0) is 58.7 Å². The highest BCUT2D eigenvalue weighted by Gasteiger charge is 2.57.